The van der Waals surface area contributed by atoms with Crippen molar-refractivity contribution in [1.82, 2.24) is 9.88 Å². The van der Waals surface area contributed by atoms with E-state index < -0.39 is 0 Å². The molecule has 1 heterocycles. The van der Waals surface area contributed by atoms with Gasteiger partial charge in [-0.3, -0.25) is 10.6 Å². The van der Waals surface area contributed by atoms with Gasteiger partial charge in [-0.25, -0.2) is 4.98 Å². The second-order valence-electron chi connectivity index (χ2n) is 5.09. The van der Waals surface area contributed by atoms with Gasteiger partial charge in [-0.2, -0.15) is 0 Å². The van der Waals surface area contributed by atoms with Crippen LogP contribution in [0, 0.1) is 0 Å². The fourth-order valence-electron chi connectivity index (χ4n) is 2.70. The number of nitrogen functional groups attached to an aromatic ring is 1. The number of anilines is 1. The number of hydrazine groups is 1. The molecule has 1 amide bonds. The highest BCUT2D eigenvalue weighted by Gasteiger charge is 2.26. The molecule has 0 aromatic carbocycles. The molecule has 1 aromatic rings. The van der Waals surface area contributed by atoms with Crippen LogP contribution >= 0.6 is 0 Å². The summed E-state index contributed by atoms with van der Waals surface area (Å²) in [6.07, 6.45) is 7.06. The molecule has 1 aliphatic carbocycles. The first-order valence-electron chi connectivity index (χ1n) is 7.10. The molecule has 1 fully saturated rings. The number of nitrogens with zero attached hydrogens (tertiary/aromatic N) is 2. The van der Waals surface area contributed by atoms with Crippen LogP contribution in [-0.4, -0.2) is 40.1 Å². The van der Waals surface area contributed by atoms with E-state index in [2.05, 4.69) is 10.4 Å². The Morgan fingerprint density at radius 2 is 2.15 bits per heavy atom. The van der Waals surface area contributed by atoms with Crippen molar-refractivity contribution in [2.24, 2.45) is 5.84 Å². The van der Waals surface area contributed by atoms with Crippen molar-refractivity contribution in [1.29, 1.82) is 0 Å². The number of aliphatic hydroxyl groups excluding tert-OH is 1. The molecule has 1 saturated carbocycles. The van der Waals surface area contributed by atoms with E-state index in [0.717, 1.165) is 25.7 Å². The van der Waals surface area contributed by atoms with Gasteiger partial charge >= 0.3 is 0 Å². The first-order chi connectivity index (χ1) is 9.76. The molecule has 2 rings (SSSR count). The highest BCUT2D eigenvalue weighted by Crippen LogP contribution is 2.23. The maximum atomic E-state index is 12.5. The van der Waals surface area contributed by atoms with Crippen molar-refractivity contribution < 1.29 is 9.90 Å². The molecular weight excluding hydrogens is 256 g/mol. The Hall–Kier alpha value is -1.66. The molecule has 4 N–H and O–H groups in total. The fraction of sp³-hybridized carbons (Fsp3) is 0.571. The van der Waals surface area contributed by atoms with Crippen molar-refractivity contribution in [2.45, 2.75) is 38.1 Å². The normalized spacial score (nSPS) is 15.9. The smallest absolute Gasteiger partial charge is 0.272 e. The molecule has 6 nitrogen and oxygen atoms in total. The average Bonchev–Trinajstić information content (AvgIpc) is 2.53. The van der Waals surface area contributed by atoms with E-state index >= 15 is 0 Å². The number of carbonyl (C=O) groups excluding carboxylic acids is 1. The number of nitrogens with one attached hydrogen (secondary N) is 1. The molecule has 6 heteroatoms. The van der Waals surface area contributed by atoms with Crippen molar-refractivity contribution in [3.63, 3.8) is 0 Å². The number of hydrogen-bond donors (Lipinski definition) is 3. The molecule has 1 aliphatic rings. The molecule has 0 aliphatic heterocycles. The van der Waals surface area contributed by atoms with Gasteiger partial charge in [-0.15, -0.1) is 0 Å². The molecular formula is C14H22N4O2. The summed E-state index contributed by atoms with van der Waals surface area (Å²) in [7, 11) is 0. The number of aromatic nitrogens is 1. The van der Waals surface area contributed by atoms with E-state index in [1.807, 2.05) is 0 Å². The van der Waals surface area contributed by atoms with Gasteiger partial charge in [0.15, 0.2) is 0 Å². The Bertz CT molecular complexity index is 429. The van der Waals surface area contributed by atoms with Gasteiger partial charge in [-0.1, -0.05) is 19.3 Å². The van der Waals surface area contributed by atoms with Crippen molar-refractivity contribution in [2.75, 3.05) is 18.6 Å². The lowest BCUT2D eigenvalue weighted by atomic mass is 9.94. The molecule has 1 aromatic heterocycles. The summed E-state index contributed by atoms with van der Waals surface area (Å²) in [4.78, 5) is 18.4. The van der Waals surface area contributed by atoms with E-state index in [-0.39, 0.29) is 18.6 Å². The van der Waals surface area contributed by atoms with Gasteiger partial charge in [0, 0.05) is 12.6 Å². The number of rotatable bonds is 5. The van der Waals surface area contributed by atoms with Gasteiger partial charge in [-0.05, 0) is 25.0 Å². The van der Waals surface area contributed by atoms with Crippen LogP contribution in [-0.2, 0) is 0 Å². The first kappa shape index (κ1) is 14.7. The zero-order valence-electron chi connectivity index (χ0n) is 11.6. The van der Waals surface area contributed by atoms with Gasteiger partial charge in [0.1, 0.15) is 5.69 Å². The van der Waals surface area contributed by atoms with Gasteiger partial charge in [0.05, 0.1) is 18.5 Å². The van der Waals surface area contributed by atoms with Crippen molar-refractivity contribution >= 4 is 11.6 Å². The number of aliphatic hydroxyl groups is 1. The summed E-state index contributed by atoms with van der Waals surface area (Å²) in [6.45, 7) is 0.340. The van der Waals surface area contributed by atoms with Crippen LogP contribution < -0.4 is 11.3 Å². The number of carbonyl (C=O) groups is 1. The second kappa shape index (κ2) is 7.21. The topological polar surface area (TPSA) is 91.5 Å². The Kier molecular flexibility index (Phi) is 5.31. The Morgan fingerprint density at radius 1 is 1.40 bits per heavy atom. The first-order valence-corrected chi connectivity index (χ1v) is 7.10. The van der Waals surface area contributed by atoms with E-state index in [4.69, 9.17) is 5.84 Å². The summed E-state index contributed by atoms with van der Waals surface area (Å²) in [6, 6.07) is 3.60. The number of nitrogens with two attached hydrogens (primary N) is 1. The predicted octanol–water partition coefficient (Wildman–Crippen LogP) is 1.13. The summed E-state index contributed by atoms with van der Waals surface area (Å²) < 4.78 is 0. The molecule has 110 valence electrons. The van der Waals surface area contributed by atoms with Crippen LogP contribution in [0.25, 0.3) is 0 Å². The van der Waals surface area contributed by atoms with Crippen LogP contribution in [0.3, 0.4) is 0 Å². The van der Waals surface area contributed by atoms with Gasteiger partial charge < -0.3 is 15.4 Å². The fourth-order valence-corrected chi connectivity index (χ4v) is 2.70. The highest BCUT2D eigenvalue weighted by atomic mass is 16.3. The Morgan fingerprint density at radius 3 is 2.70 bits per heavy atom. The summed E-state index contributed by atoms with van der Waals surface area (Å²) in [5.74, 6) is 5.17. The van der Waals surface area contributed by atoms with Crippen LogP contribution in [0.5, 0.6) is 0 Å². The Labute approximate surface area is 119 Å². The quantitative estimate of drug-likeness (QED) is 0.555. The average molecular weight is 278 g/mol. The SMILES string of the molecule is NNc1ccc(C(=O)N(CCO)C2CCCCC2)nc1. The molecule has 0 spiro atoms. The third-order valence-electron chi connectivity index (χ3n) is 3.77. The molecule has 0 unspecified atom stereocenters. The minimum absolute atomic E-state index is 0.0231. The summed E-state index contributed by atoms with van der Waals surface area (Å²) >= 11 is 0. The molecule has 0 atom stereocenters. The van der Waals surface area contributed by atoms with E-state index in [1.165, 1.54) is 12.6 Å². The monoisotopic (exact) mass is 278 g/mol. The van der Waals surface area contributed by atoms with E-state index in [1.54, 1.807) is 17.0 Å². The van der Waals surface area contributed by atoms with Crippen LogP contribution in [0.2, 0.25) is 0 Å². The maximum absolute atomic E-state index is 12.5. The summed E-state index contributed by atoms with van der Waals surface area (Å²) in [5, 5.41) is 9.20. The lowest BCUT2D eigenvalue weighted by Gasteiger charge is -2.33. The maximum Gasteiger partial charge on any atom is 0.272 e. The number of pyridine rings is 1. The number of hydrogen-bond acceptors (Lipinski definition) is 5. The molecule has 20 heavy (non-hydrogen) atoms. The lowest BCUT2D eigenvalue weighted by molar-refractivity contribution is 0.0579. The minimum Gasteiger partial charge on any atom is -0.395 e. The van der Waals surface area contributed by atoms with Crippen molar-refractivity contribution in [3.8, 4) is 0 Å². The van der Waals surface area contributed by atoms with Crippen LogP contribution in [0.1, 0.15) is 42.6 Å². The van der Waals surface area contributed by atoms with Crippen molar-refractivity contribution in [3.05, 3.63) is 24.0 Å². The molecule has 0 radical (unpaired) electrons. The second-order valence-corrected chi connectivity index (χ2v) is 5.09. The number of amides is 1. The predicted molar refractivity (Wildman–Crippen MR) is 77.0 cm³/mol. The Balaban J connectivity index is 2.12. The van der Waals surface area contributed by atoms with Gasteiger partial charge in [0.25, 0.3) is 5.91 Å². The molecule has 0 bridgehead atoms. The zero-order valence-corrected chi connectivity index (χ0v) is 11.6. The van der Waals surface area contributed by atoms with E-state index in [9.17, 15) is 9.90 Å². The molecule has 0 saturated heterocycles. The third-order valence-corrected chi connectivity index (χ3v) is 3.77. The lowest BCUT2D eigenvalue weighted by Crippen LogP contribution is -2.43. The largest absolute Gasteiger partial charge is 0.395 e. The van der Waals surface area contributed by atoms with Gasteiger partial charge in [0.2, 0.25) is 0 Å². The minimum atomic E-state index is -0.116. The zero-order chi connectivity index (χ0) is 14.4. The third kappa shape index (κ3) is 3.46. The summed E-state index contributed by atoms with van der Waals surface area (Å²) in [5.41, 5.74) is 3.54. The van der Waals surface area contributed by atoms with Crippen LogP contribution in [0.15, 0.2) is 18.3 Å². The standard InChI is InChI=1S/C14H22N4O2/c15-17-11-6-7-13(16-10-11)14(20)18(8-9-19)12-4-2-1-3-5-12/h6-7,10,12,17,19H,1-5,8-9,15H2. The van der Waals surface area contributed by atoms with E-state index in [0.29, 0.717) is 17.9 Å². The highest BCUT2D eigenvalue weighted by molar-refractivity contribution is 5.92. The van der Waals surface area contributed by atoms with Crippen LogP contribution in [0.4, 0.5) is 5.69 Å².